The van der Waals surface area contributed by atoms with E-state index in [1.165, 1.54) is 0 Å². The number of carbonyl (C=O) groups excluding carboxylic acids is 2. The van der Waals surface area contributed by atoms with Gasteiger partial charge in [-0.05, 0) is 50.0 Å². The number of esters is 1. The second kappa shape index (κ2) is 15.4. The van der Waals surface area contributed by atoms with E-state index in [4.69, 9.17) is 14.2 Å². The van der Waals surface area contributed by atoms with Gasteiger partial charge in [0.1, 0.15) is 23.3 Å². The van der Waals surface area contributed by atoms with E-state index in [2.05, 4.69) is 5.32 Å². The number of nitrogens with one attached hydrogen (secondary N) is 1. The second-order valence-corrected chi connectivity index (χ2v) is 14.5. The number of rotatable bonds is 16. The summed E-state index contributed by atoms with van der Waals surface area (Å²) in [6, 6.07) is 8.77. The van der Waals surface area contributed by atoms with Gasteiger partial charge < -0.3 is 40.0 Å². The standard InChI is InChI=1S/C33H53NO11/c1-28(2,3)33(42,29(4,5)6)32(22-43-20-17-26(39)45-30(7,8)9,31(41,18-15-24(35)36)19-16-25(37)38)34-27(40)44-21-23-13-11-10-12-14-23/h10-14,41-42H,15-22H2,1-9H3,(H,34,40)(H,35,36)(H,37,38). The summed E-state index contributed by atoms with van der Waals surface area (Å²) in [5.41, 5.74) is -9.20. The summed E-state index contributed by atoms with van der Waals surface area (Å²) in [5, 5.41) is 47.4. The minimum Gasteiger partial charge on any atom is -0.481 e. The smallest absolute Gasteiger partial charge is 0.408 e. The molecule has 0 aliphatic carbocycles. The fourth-order valence-corrected chi connectivity index (χ4v) is 6.11. The lowest BCUT2D eigenvalue weighted by Gasteiger charge is -2.64. The van der Waals surface area contributed by atoms with Gasteiger partial charge in [0, 0.05) is 12.8 Å². The van der Waals surface area contributed by atoms with Crippen molar-refractivity contribution in [2.24, 2.45) is 10.8 Å². The van der Waals surface area contributed by atoms with E-state index in [9.17, 15) is 39.6 Å². The first kappa shape index (κ1) is 39.8. The molecule has 1 aromatic carbocycles. The zero-order valence-corrected chi connectivity index (χ0v) is 28.2. The predicted octanol–water partition coefficient (Wildman–Crippen LogP) is 4.68. The first-order chi connectivity index (χ1) is 20.4. The normalized spacial score (nSPS) is 14.3. The topological polar surface area (TPSA) is 189 Å². The third-order valence-corrected chi connectivity index (χ3v) is 7.81. The SMILES string of the molecule is CC(C)(C)OC(=O)CCOCC(NC(=O)OCc1ccccc1)(C(O)(CCC(=O)O)CCC(=O)O)C(O)(C(C)(C)C)C(C)(C)C. The highest BCUT2D eigenvalue weighted by Crippen LogP contribution is 2.55. The number of hydrogen-bond donors (Lipinski definition) is 5. The highest BCUT2D eigenvalue weighted by molar-refractivity contribution is 5.71. The van der Waals surface area contributed by atoms with Crippen LogP contribution in [0.4, 0.5) is 4.79 Å². The molecule has 0 saturated carbocycles. The molecule has 1 unspecified atom stereocenters. The fraction of sp³-hybridized carbons (Fsp3) is 0.697. The van der Waals surface area contributed by atoms with Gasteiger partial charge in [-0.15, -0.1) is 0 Å². The largest absolute Gasteiger partial charge is 0.481 e. The first-order valence-corrected chi connectivity index (χ1v) is 15.1. The number of aliphatic hydroxyl groups is 2. The highest BCUT2D eigenvalue weighted by atomic mass is 16.6. The Balaban J connectivity index is 3.88. The van der Waals surface area contributed by atoms with Crippen LogP contribution in [0.1, 0.15) is 100.0 Å². The first-order valence-electron chi connectivity index (χ1n) is 15.1. The van der Waals surface area contributed by atoms with Crippen molar-refractivity contribution in [3.63, 3.8) is 0 Å². The summed E-state index contributed by atoms with van der Waals surface area (Å²) in [4.78, 5) is 49.7. The summed E-state index contributed by atoms with van der Waals surface area (Å²) < 4.78 is 16.8. The third-order valence-electron chi connectivity index (χ3n) is 7.81. The molecule has 12 nitrogen and oxygen atoms in total. The summed E-state index contributed by atoms with van der Waals surface area (Å²) >= 11 is 0. The quantitative estimate of drug-likeness (QED) is 0.125. The Morgan fingerprint density at radius 3 is 1.67 bits per heavy atom. The summed E-state index contributed by atoms with van der Waals surface area (Å²) in [5.74, 6) is -3.15. The molecular weight excluding hydrogens is 586 g/mol. The van der Waals surface area contributed by atoms with E-state index < -0.39 is 89.5 Å². The number of ether oxygens (including phenoxy) is 3. The van der Waals surface area contributed by atoms with Crippen LogP contribution in [-0.2, 0) is 35.2 Å². The van der Waals surface area contributed by atoms with Gasteiger partial charge in [-0.25, -0.2) is 4.79 Å². The van der Waals surface area contributed by atoms with Crippen molar-refractivity contribution in [1.82, 2.24) is 5.32 Å². The van der Waals surface area contributed by atoms with Crippen LogP contribution in [0.3, 0.4) is 0 Å². The maximum absolute atomic E-state index is 13.6. The van der Waals surface area contributed by atoms with Crippen LogP contribution < -0.4 is 5.32 Å². The van der Waals surface area contributed by atoms with Crippen LogP contribution in [0.15, 0.2) is 30.3 Å². The molecule has 0 fully saturated rings. The van der Waals surface area contributed by atoms with Crippen molar-refractivity contribution in [2.45, 2.75) is 123 Å². The highest BCUT2D eigenvalue weighted by Gasteiger charge is 2.71. The molecule has 1 atom stereocenters. The molecule has 0 heterocycles. The molecule has 0 aliphatic rings. The average Bonchev–Trinajstić information content (AvgIpc) is 2.89. The molecule has 0 aromatic heterocycles. The van der Waals surface area contributed by atoms with E-state index in [0.29, 0.717) is 5.56 Å². The van der Waals surface area contributed by atoms with Crippen molar-refractivity contribution < 1.29 is 53.8 Å². The zero-order valence-electron chi connectivity index (χ0n) is 28.2. The van der Waals surface area contributed by atoms with Gasteiger partial charge in [0.05, 0.1) is 25.2 Å². The lowest BCUT2D eigenvalue weighted by atomic mass is 9.49. The van der Waals surface area contributed by atoms with E-state index in [-0.39, 0.29) is 19.6 Å². The predicted molar refractivity (Wildman–Crippen MR) is 166 cm³/mol. The number of alkyl carbamates (subject to hydrolysis) is 1. The molecule has 45 heavy (non-hydrogen) atoms. The molecule has 5 N–H and O–H groups in total. The maximum Gasteiger partial charge on any atom is 0.408 e. The lowest BCUT2D eigenvalue weighted by Crippen LogP contribution is -2.83. The number of carboxylic acid groups (broad SMARTS) is 2. The Hall–Kier alpha value is -3.22. The van der Waals surface area contributed by atoms with E-state index in [1.54, 1.807) is 92.6 Å². The molecule has 0 saturated heterocycles. The Kier molecular flexibility index (Phi) is 13.6. The molecule has 12 heteroatoms. The van der Waals surface area contributed by atoms with Crippen molar-refractivity contribution in [3.8, 4) is 0 Å². The van der Waals surface area contributed by atoms with Gasteiger partial charge in [-0.1, -0.05) is 71.9 Å². The van der Waals surface area contributed by atoms with Crippen molar-refractivity contribution in [3.05, 3.63) is 35.9 Å². The molecule has 256 valence electrons. The Morgan fingerprint density at radius 2 is 1.24 bits per heavy atom. The van der Waals surface area contributed by atoms with Crippen LogP contribution in [0.2, 0.25) is 0 Å². The van der Waals surface area contributed by atoms with Crippen molar-refractivity contribution >= 4 is 24.0 Å². The Morgan fingerprint density at radius 1 is 0.756 bits per heavy atom. The molecule has 1 aromatic rings. The lowest BCUT2D eigenvalue weighted by molar-refractivity contribution is -0.261. The summed E-state index contributed by atoms with van der Waals surface area (Å²) in [6.07, 6.45) is -3.64. The van der Waals surface area contributed by atoms with Crippen molar-refractivity contribution in [2.75, 3.05) is 13.2 Å². The van der Waals surface area contributed by atoms with Gasteiger partial charge in [0.25, 0.3) is 0 Å². The average molecular weight is 640 g/mol. The Bertz CT molecular complexity index is 1110. The number of benzene rings is 1. The van der Waals surface area contributed by atoms with Crippen molar-refractivity contribution in [1.29, 1.82) is 0 Å². The zero-order chi connectivity index (χ0) is 34.9. The second-order valence-electron chi connectivity index (χ2n) is 14.5. The molecule has 0 spiro atoms. The number of aliphatic carboxylic acids is 2. The third kappa shape index (κ3) is 10.7. The number of amides is 1. The van der Waals surface area contributed by atoms with E-state index in [1.807, 2.05) is 0 Å². The molecule has 0 bridgehead atoms. The number of hydrogen-bond acceptors (Lipinski definition) is 9. The minimum atomic E-state index is -2.38. The molecular formula is C33H53NO11. The van der Waals surface area contributed by atoms with Crippen LogP contribution in [0.25, 0.3) is 0 Å². The van der Waals surface area contributed by atoms with Gasteiger partial charge in [0.2, 0.25) is 0 Å². The molecule has 1 rings (SSSR count). The van der Waals surface area contributed by atoms with Gasteiger partial charge in [0.15, 0.2) is 0 Å². The van der Waals surface area contributed by atoms with Gasteiger partial charge in [-0.3, -0.25) is 14.4 Å². The van der Waals surface area contributed by atoms with Crippen LogP contribution in [-0.4, -0.2) is 80.0 Å². The van der Waals surface area contributed by atoms with Crippen LogP contribution in [0.5, 0.6) is 0 Å². The molecule has 1 amide bonds. The van der Waals surface area contributed by atoms with E-state index >= 15 is 0 Å². The number of carboxylic acids is 2. The van der Waals surface area contributed by atoms with Crippen LogP contribution in [0, 0.1) is 10.8 Å². The molecule has 0 aliphatic heterocycles. The summed E-state index contributed by atoms with van der Waals surface area (Å²) in [7, 11) is 0. The van der Waals surface area contributed by atoms with Crippen LogP contribution >= 0.6 is 0 Å². The number of carbonyl (C=O) groups is 4. The summed E-state index contributed by atoms with van der Waals surface area (Å²) in [6.45, 7) is 14.1. The van der Waals surface area contributed by atoms with Gasteiger partial charge >= 0.3 is 24.0 Å². The Labute approximate surface area is 266 Å². The minimum absolute atomic E-state index is 0.172. The van der Waals surface area contributed by atoms with E-state index in [0.717, 1.165) is 0 Å². The molecule has 0 radical (unpaired) electrons. The van der Waals surface area contributed by atoms with Gasteiger partial charge in [-0.2, -0.15) is 0 Å². The maximum atomic E-state index is 13.6. The monoisotopic (exact) mass is 639 g/mol. The fourth-order valence-electron chi connectivity index (χ4n) is 6.11.